The third-order valence-electron chi connectivity index (χ3n) is 3.56. The molecule has 6 nitrogen and oxygen atoms in total. The van der Waals surface area contributed by atoms with Gasteiger partial charge in [-0.15, -0.1) is 0 Å². The van der Waals surface area contributed by atoms with E-state index >= 15 is 0 Å². The van der Waals surface area contributed by atoms with Crippen molar-refractivity contribution in [2.24, 2.45) is 5.41 Å². The summed E-state index contributed by atoms with van der Waals surface area (Å²) in [5.74, 6) is -1.36. The van der Waals surface area contributed by atoms with Crippen LogP contribution in [0.4, 0.5) is 0 Å². The molecule has 0 aromatic heterocycles. The van der Waals surface area contributed by atoms with Crippen molar-refractivity contribution in [3.05, 3.63) is 0 Å². The number of nitrogens with one attached hydrogen (secondary N) is 1. The van der Waals surface area contributed by atoms with Crippen molar-refractivity contribution in [2.75, 3.05) is 20.1 Å². The monoisotopic (exact) mass is 256 g/mol. The average molecular weight is 256 g/mol. The lowest BCUT2D eigenvalue weighted by atomic mass is 9.86. The van der Waals surface area contributed by atoms with Crippen molar-refractivity contribution in [1.82, 2.24) is 10.2 Å². The van der Waals surface area contributed by atoms with Crippen LogP contribution < -0.4 is 5.32 Å². The summed E-state index contributed by atoms with van der Waals surface area (Å²) in [5.41, 5.74) is -0.815. The molecule has 0 heterocycles. The number of carbonyl (C=O) groups excluding carboxylic acids is 2. The van der Waals surface area contributed by atoms with Crippen molar-refractivity contribution < 1.29 is 19.5 Å². The first-order chi connectivity index (χ1) is 8.37. The van der Waals surface area contributed by atoms with Crippen LogP contribution in [0.25, 0.3) is 0 Å². The van der Waals surface area contributed by atoms with E-state index < -0.39 is 11.4 Å². The molecule has 1 aliphatic rings. The molecule has 2 N–H and O–H groups in total. The summed E-state index contributed by atoms with van der Waals surface area (Å²) in [6, 6.07) is 0. The maximum absolute atomic E-state index is 11.6. The van der Waals surface area contributed by atoms with Crippen LogP contribution in [0.15, 0.2) is 0 Å². The van der Waals surface area contributed by atoms with Gasteiger partial charge in [-0.2, -0.15) is 0 Å². The van der Waals surface area contributed by atoms with Gasteiger partial charge in [0.1, 0.15) is 0 Å². The highest BCUT2D eigenvalue weighted by Crippen LogP contribution is 2.37. The Hall–Kier alpha value is -1.59. The van der Waals surface area contributed by atoms with E-state index in [1.165, 1.54) is 18.9 Å². The summed E-state index contributed by atoms with van der Waals surface area (Å²) < 4.78 is 0. The summed E-state index contributed by atoms with van der Waals surface area (Å²) in [4.78, 5) is 35.1. The Bertz CT molecular complexity index is 348. The van der Waals surface area contributed by atoms with Crippen LogP contribution in [-0.2, 0) is 14.4 Å². The number of amides is 2. The van der Waals surface area contributed by atoms with Crippen LogP contribution in [0.1, 0.15) is 32.6 Å². The molecule has 0 aliphatic heterocycles. The van der Waals surface area contributed by atoms with E-state index in [0.717, 1.165) is 12.8 Å². The van der Waals surface area contributed by atoms with Crippen LogP contribution in [0, 0.1) is 5.41 Å². The van der Waals surface area contributed by atoms with Gasteiger partial charge < -0.3 is 15.3 Å². The van der Waals surface area contributed by atoms with E-state index in [2.05, 4.69) is 5.32 Å². The fraction of sp³-hybridized carbons (Fsp3) is 0.750. The zero-order chi connectivity index (χ0) is 13.8. The van der Waals surface area contributed by atoms with Crippen LogP contribution in [-0.4, -0.2) is 47.9 Å². The highest BCUT2D eigenvalue weighted by Gasteiger charge is 2.41. The second kappa shape index (κ2) is 5.84. The fourth-order valence-corrected chi connectivity index (χ4v) is 2.17. The van der Waals surface area contributed by atoms with Gasteiger partial charge in [-0.1, -0.05) is 12.8 Å². The highest BCUT2D eigenvalue weighted by atomic mass is 16.4. The van der Waals surface area contributed by atoms with Gasteiger partial charge in [0.25, 0.3) is 0 Å². The molecule has 0 aromatic carbocycles. The summed E-state index contributed by atoms with van der Waals surface area (Å²) in [6.45, 7) is 1.49. The molecule has 1 rings (SSSR count). The number of likely N-dealkylation sites (N-methyl/N-ethyl adjacent to an activating group) is 1. The Morgan fingerprint density at radius 3 is 2.28 bits per heavy atom. The molecule has 1 saturated carbocycles. The molecular formula is C12H20N2O4. The number of aliphatic carboxylic acids is 1. The molecule has 1 aliphatic carbocycles. The Morgan fingerprint density at radius 2 is 1.83 bits per heavy atom. The number of nitrogens with zero attached hydrogens (tertiary/aromatic N) is 1. The van der Waals surface area contributed by atoms with Crippen LogP contribution in [0.3, 0.4) is 0 Å². The average Bonchev–Trinajstić information content (AvgIpc) is 2.76. The van der Waals surface area contributed by atoms with Crippen LogP contribution in [0.5, 0.6) is 0 Å². The van der Waals surface area contributed by atoms with Crippen LogP contribution in [0.2, 0.25) is 0 Å². The third kappa shape index (κ3) is 3.45. The van der Waals surface area contributed by atoms with Crippen molar-refractivity contribution in [3.63, 3.8) is 0 Å². The van der Waals surface area contributed by atoms with E-state index in [1.807, 2.05) is 0 Å². The van der Waals surface area contributed by atoms with Crippen LogP contribution >= 0.6 is 0 Å². The number of rotatable bonds is 5. The lowest BCUT2D eigenvalue weighted by Gasteiger charge is -2.24. The minimum atomic E-state index is -0.847. The zero-order valence-electron chi connectivity index (χ0n) is 10.9. The zero-order valence-corrected chi connectivity index (χ0v) is 10.9. The summed E-state index contributed by atoms with van der Waals surface area (Å²) in [7, 11) is 1.53. The van der Waals surface area contributed by atoms with Gasteiger partial charge in [0.2, 0.25) is 11.8 Å². The number of carbonyl (C=O) groups is 3. The van der Waals surface area contributed by atoms with E-state index in [0.29, 0.717) is 12.8 Å². The molecule has 0 aromatic rings. The quantitative estimate of drug-likeness (QED) is 0.737. The Balaban J connectivity index is 2.46. The molecule has 18 heavy (non-hydrogen) atoms. The molecular weight excluding hydrogens is 236 g/mol. The highest BCUT2D eigenvalue weighted by molar-refractivity contribution is 5.84. The molecule has 0 spiro atoms. The SMILES string of the molecule is CC(=O)N(C)CC(=O)NCC1(C(=O)O)CCCC1. The van der Waals surface area contributed by atoms with Gasteiger partial charge in [0.15, 0.2) is 0 Å². The van der Waals surface area contributed by atoms with E-state index in [-0.39, 0.29) is 24.9 Å². The summed E-state index contributed by atoms with van der Waals surface area (Å²) >= 11 is 0. The lowest BCUT2D eigenvalue weighted by molar-refractivity contribution is -0.148. The number of carboxylic acids is 1. The molecule has 0 bridgehead atoms. The van der Waals surface area contributed by atoms with Crippen molar-refractivity contribution >= 4 is 17.8 Å². The van der Waals surface area contributed by atoms with Gasteiger partial charge >= 0.3 is 5.97 Å². The second-order valence-electron chi connectivity index (χ2n) is 4.94. The molecule has 1 fully saturated rings. The third-order valence-corrected chi connectivity index (χ3v) is 3.56. The van der Waals surface area contributed by atoms with Gasteiger partial charge in [-0.25, -0.2) is 0 Å². The second-order valence-corrected chi connectivity index (χ2v) is 4.94. The Kier molecular flexibility index (Phi) is 4.69. The van der Waals surface area contributed by atoms with E-state index in [4.69, 9.17) is 0 Å². The normalized spacial score (nSPS) is 17.2. The van der Waals surface area contributed by atoms with Crippen molar-refractivity contribution in [3.8, 4) is 0 Å². The molecule has 0 saturated heterocycles. The van der Waals surface area contributed by atoms with Gasteiger partial charge in [-0.3, -0.25) is 14.4 Å². The Morgan fingerprint density at radius 1 is 1.28 bits per heavy atom. The Labute approximate surface area is 106 Å². The molecule has 0 radical (unpaired) electrons. The maximum atomic E-state index is 11.6. The van der Waals surface area contributed by atoms with Gasteiger partial charge in [-0.05, 0) is 12.8 Å². The maximum Gasteiger partial charge on any atom is 0.311 e. The summed E-state index contributed by atoms with van der Waals surface area (Å²) in [5, 5.41) is 11.8. The minimum Gasteiger partial charge on any atom is -0.481 e. The van der Waals surface area contributed by atoms with Gasteiger partial charge in [0, 0.05) is 20.5 Å². The standard InChI is InChI=1S/C12H20N2O4/c1-9(15)14(2)7-10(16)13-8-12(11(17)18)5-3-4-6-12/h3-8H2,1-2H3,(H,13,16)(H,17,18). The molecule has 0 unspecified atom stereocenters. The first kappa shape index (κ1) is 14.5. The number of hydrogen-bond donors (Lipinski definition) is 2. The number of carboxylic acid groups (broad SMARTS) is 1. The topological polar surface area (TPSA) is 86.7 Å². The number of hydrogen-bond acceptors (Lipinski definition) is 3. The predicted molar refractivity (Wildman–Crippen MR) is 64.9 cm³/mol. The molecule has 102 valence electrons. The first-order valence-corrected chi connectivity index (χ1v) is 6.09. The largest absolute Gasteiger partial charge is 0.481 e. The van der Waals surface area contributed by atoms with Gasteiger partial charge in [0.05, 0.1) is 12.0 Å². The molecule has 2 amide bonds. The predicted octanol–water partition coefficient (Wildman–Crippen LogP) is 0.226. The van der Waals surface area contributed by atoms with E-state index in [1.54, 1.807) is 0 Å². The van der Waals surface area contributed by atoms with E-state index in [9.17, 15) is 19.5 Å². The molecule has 0 atom stereocenters. The molecule has 6 heteroatoms. The smallest absolute Gasteiger partial charge is 0.311 e. The summed E-state index contributed by atoms with van der Waals surface area (Å²) in [6.07, 6.45) is 2.97. The fourth-order valence-electron chi connectivity index (χ4n) is 2.17. The van der Waals surface area contributed by atoms with Crippen molar-refractivity contribution in [1.29, 1.82) is 0 Å². The van der Waals surface area contributed by atoms with Crippen molar-refractivity contribution in [2.45, 2.75) is 32.6 Å². The minimum absolute atomic E-state index is 0.0367. The lowest BCUT2D eigenvalue weighted by Crippen LogP contribution is -2.44. The first-order valence-electron chi connectivity index (χ1n) is 6.09.